The Kier molecular flexibility index (Phi) is 4.36. The smallest absolute Gasteiger partial charge is 0.259 e. The number of imidazole rings is 1. The summed E-state index contributed by atoms with van der Waals surface area (Å²) in [5.74, 6) is 2.33. The van der Waals surface area contributed by atoms with Crippen LogP contribution in [0.4, 0.5) is 0 Å². The Hall–Kier alpha value is -4.27. The molecule has 166 valence electrons. The summed E-state index contributed by atoms with van der Waals surface area (Å²) in [4.78, 5) is 22.6. The van der Waals surface area contributed by atoms with Gasteiger partial charge in [-0.25, -0.2) is 4.98 Å². The lowest BCUT2D eigenvalue weighted by atomic mass is 10.0. The normalized spacial score (nSPS) is 12.7. The first-order valence-corrected chi connectivity index (χ1v) is 10.4. The summed E-state index contributed by atoms with van der Waals surface area (Å²) in [7, 11) is 3.13. The quantitative estimate of drug-likeness (QED) is 0.384. The third kappa shape index (κ3) is 2.96. The van der Waals surface area contributed by atoms with Gasteiger partial charge < -0.3 is 28.1 Å². The second-order valence-corrected chi connectivity index (χ2v) is 7.75. The summed E-state index contributed by atoms with van der Waals surface area (Å²) in [5.41, 5.74) is 1.38. The molecule has 5 aromatic rings. The molecular formula is C24H20N4O5. The number of fused-ring (bicyclic) bond motifs is 6. The molecule has 0 radical (unpaired) electrons. The number of rotatable bonds is 5. The maximum Gasteiger partial charge on any atom is 0.259 e. The van der Waals surface area contributed by atoms with Crippen LogP contribution in [0.5, 0.6) is 23.0 Å². The molecule has 4 heterocycles. The minimum atomic E-state index is -0.122. The van der Waals surface area contributed by atoms with Crippen molar-refractivity contribution in [1.82, 2.24) is 19.1 Å². The third-order valence-corrected chi connectivity index (χ3v) is 6.03. The monoisotopic (exact) mass is 444 g/mol. The zero-order chi connectivity index (χ0) is 22.5. The first-order valence-electron chi connectivity index (χ1n) is 10.4. The van der Waals surface area contributed by atoms with E-state index in [1.54, 1.807) is 43.6 Å². The molecule has 6 rings (SSSR count). The number of hydrogen-bond donors (Lipinski definition) is 0. The third-order valence-electron chi connectivity index (χ3n) is 6.03. The minimum absolute atomic E-state index is 0.122. The lowest BCUT2D eigenvalue weighted by molar-refractivity contribution is 0.174. The molecule has 3 aromatic heterocycles. The summed E-state index contributed by atoms with van der Waals surface area (Å²) in [5, 5.41) is 2.94. The topological polar surface area (TPSA) is 89.6 Å². The van der Waals surface area contributed by atoms with Gasteiger partial charge in [-0.2, -0.15) is 0 Å². The molecule has 0 spiro atoms. The van der Waals surface area contributed by atoms with Crippen molar-refractivity contribution in [2.24, 2.45) is 0 Å². The van der Waals surface area contributed by atoms with E-state index in [1.807, 2.05) is 29.0 Å². The van der Waals surface area contributed by atoms with Crippen molar-refractivity contribution in [3.05, 3.63) is 59.5 Å². The Balaban J connectivity index is 1.72. The van der Waals surface area contributed by atoms with Gasteiger partial charge in [-0.15, -0.1) is 0 Å². The number of hydrogen-bond acceptors (Lipinski definition) is 7. The molecule has 0 amide bonds. The van der Waals surface area contributed by atoms with E-state index in [0.717, 1.165) is 27.2 Å². The average Bonchev–Trinajstić information content (AvgIpc) is 3.53. The molecule has 0 saturated heterocycles. The fourth-order valence-corrected chi connectivity index (χ4v) is 4.43. The largest absolute Gasteiger partial charge is 0.493 e. The van der Waals surface area contributed by atoms with Crippen LogP contribution in [0.3, 0.4) is 0 Å². The molecule has 0 aliphatic carbocycles. The fraction of sp³-hybridized carbons (Fsp3) is 0.208. The van der Waals surface area contributed by atoms with Gasteiger partial charge in [-0.3, -0.25) is 9.78 Å². The molecule has 0 fully saturated rings. The molecule has 0 bridgehead atoms. The van der Waals surface area contributed by atoms with E-state index in [-0.39, 0.29) is 12.4 Å². The summed E-state index contributed by atoms with van der Waals surface area (Å²) < 4.78 is 25.8. The fourth-order valence-electron chi connectivity index (χ4n) is 4.43. The van der Waals surface area contributed by atoms with Crippen LogP contribution in [-0.4, -0.2) is 40.1 Å². The van der Waals surface area contributed by atoms with Gasteiger partial charge in [-0.1, -0.05) is 0 Å². The van der Waals surface area contributed by atoms with Crippen LogP contribution in [0, 0.1) is 0 Å². The Morgan fingerprint density at radius 2 is 1.70 bits per heavy atom. The molecule has 1 aliphatic rings. The van der Waals surface area contributed by atoms with Crippen LogP contribution in [0.25, 0.3) is 32.6 Å². The van der Waals surface area contributed by atoms with E-state index in [2.05, 4.69) is 9.97 Å². The van der Waals surface area contributed by atoms with Gasteiger partial charge in [0.05, 0.1) is 37.0 Å². The van der Waals surface area contributed by atoms with Gasteiger partial charge >= 0.3 is 0 Å². The number of benzene rings is 2. The van der Waals surface area contributed by atoms with Crippen molar-refractivity contribution in [3.8, 4) is 23.0 Å². The Morgan fingerprint density at radius 1 is 0.939 bits per heavy atom. The highest BCUT2D eigenvalue weighted by Crippen LogP contribution is 2.40. The number of nitrogens with zero attached hydrogens (tertiary/aromatic N) is 4. The van der Waals surface area contributed by atoms with E-state index in [9.17, 15) is 4.79 Å². The number of pyridine rings is 2. The number of ether oxygens (including phenoxy) is 4. The van der Waals surface area contributed by atoms with Crippen molar-refractivity contribution >= 4 is 32.6 Å². The Bertz CT molecular complexity index is 1590. The van der Waals surface area contributed by atoms with E-state index in [1.165, 1.54) is 0 Å². The van der Waals surface area contributed by atoms with Crippen molar-refractivity contribution in [2.75, 3.05) is 21.0 Å². The van der Waals surface area contributed by atoms with Crippen LogP contribution in [0.15, 0.2) is 54.0 Å². The summed E-state index contributed by atoms with van der Waals surface area (Å²) in [6.45, 7) is 1.20. The minimum Gasteiger partial charge on any atom is -0.493 e. The SMILES string of the molecule is COc1cc2c(=O)n(CCn3ccnc3)c3c4cc5c(cc4ncc3c2cc1OC)OCO5. The second-order valence-electron chi connectivity index (χ2n) is 7.75. The van der Waals surface area contributed by atoms with E-state index < -0.39 is 0 Å². The zero-order valence-electron chi connectivity index (χ0n) is 18.1. The van der Waals surface area contributed by atoms with Gasteiger partial charge in [-0.05, 0) is 18.2 Å². The van der Waals surface area contributed by atoms with Crippen LogP contribution in [0.1, 0.15) is 0 Å². The van der Waals surface area contributed by atoms with Crippen LogP contribution < -0.4 is 24.5 Å². The van der Waals surface area contributed by atoms with Gasteiger partial charge in [0.15, 0.2) is 23.0 Å². The van der Waals surface area contributed by atoms with Gasteiger partial charge in [0, 0.05) is 53.9 Å². The average molecular weight is 444 g/mol. The van der Waals surface area contributed by atoms with Crippen molar-refractivity contribution in [2.45, 2.75) is 13.1 Å². The maximum atomic E-state index is 13.8. The zero-order valence-corrected chi connectivity index (χ0v) is 18.1. The Morgan fingerprint density at radius 3 is 2.42 bits per heavy atom. The highest BCUT2D eigenvalue weighted by Gasteiger charge is 2.21. The summed E-state index contributed by atoms with van der Waals surface area (Å²) in [6.07, 6.45) is 7.12. The van der Waals surface area contributed by atoms with Gasteiger partial charge in [0.25, 0.3) is 5.56 Å². The molecular weight excluding hydrogens is 424 g/mol. The number of aryl methyl sites for hydroxylation is 2. The molecule has 9 nitrogen and oxygen atoms in total. The highest BCUT2D eigenvalue weighted by molar-refractivity contribution is 6.15. The van der Waals surface area contributed by atoms with Gasteiger partial charge in [0.2, 0.25) is 6.79 Å². The van der Waals surface area contributed by atoms with E-state index in [4.69, 9.17) is 18.9 Å². The predicted octanol–water partition coefficient (Wildman–Crippen LogP) is 3.35. The highest BCUT2D eigenvalue weighted by atomic mass is 16.7. The predicted molar refractivity (Wildman–Crippen MR) is 122 cm³/mol. The van der Waals surface area contributed by atoms with Gasteiger partial charge in [0.1, 0.15) is 0 Å². The summed E-state index contributed by atoms with van der Waals surface area (Å²) >= 11 is 0. The molecule has 2 aromatic carbocycles. The first-order chi connectivity index (χ1) is 16.2. The Labute approximate surface area is 187 Å². The molecule has 33 heavy (non-hydrogen) atoms. The van der Waals surface area contributed by atoms with Crippen LogP contribution >= 0.6 is 0 Å². The van der Waals surface area contributed by atoms with Crippen molar-refractivity contribution < 1.29 is 18.9 Å². The molecule has 9 heteroatoms. The van der Waals surface area contributed by atoms with Crippen molar-refractivity contribution in [3.63, 3.8) is 0 Å². The van der Waals surface area contributed by atoms with Crippen LogP contribution in [-0.2, 0) is 13.1 Å². The molecule has 0 atom stereocenters. The molecule has 0 saturated carbocycles. The van der Waals surface area contributed by atoms with Crippen molar-refractivity contribution in [1.29, 1.82) is 0 Å². The molecule has 1 aliphatic heterocycles. The summed E-state index contributed by atoms with van der Waals surface area (Å²) in [6, 6.07) is 7.30. The maximum absolute atomic E-state index is 13.8. The lowest BCUT2D eigenvalue weighted by Crippen LogP contribution is -2.23. The second kappa shape index (κ2) is 7.40. The van der Waals surface area contributed by atoms with E-state index >= 15 is 0 Å². The number of aromatic nitrogens is 4. The molecule has 0 N–H and O–H groups in total. The standard InChI is InChI=1S/C24H20N4O5/c1-30-19-7-14-15(8-20(19)31-2)24(29)28(6-5-27-4-3-25-12-27)23-16-9-21-22(33-13-32-21)10-18(16)26-11-17(14)23/h3-4,7-12H,5-6,13H2,1-2H3. The molecule has 0 unspecified atom stereocenters. The first kappa shape index (κ1) is 19.4. The van der Waals surface area contributed by atoms with Crippen LogP contribution in [0.2, 0.25) is 0 Å². The number of methoxy groups -OCH3 is 2. The lowest BCUT2D eigenvalue weighted by Gasteiger charge is -2.17. The van der Waals surface area contributed by atoms with E-state index in [0.29, 0.717) is 41.5 Å².